The summed E-state index contributed by atoms with van der Waals surface area (Å²) in [5.74, 6) is 1.16. The van der Waals surface area contributed by atoms with Gasteiger partial charge < -0.3 is 9.40 Å². The second-order valence-corrected chi connectivity index (χ2v) is 6.30. The molecule has 2 aromatic heterocycles. The maximum atomic E-state index is 5.00. The van der Waals surface area contributed by atoms with Crippen molar-refractivity contribution in [2.75, 3.05) is 7.11 Å². The Labute approximate surface area is 143 Å². The monoisotopic (exact) mass is 326 g/mol. The van der Waals surface area contributed by atoms with Gasteiger partial charge in [-0.15, -0.1) is 0 Å². The molecule has 1 unspecified atom stereocenters. The zero-order valence-corrected chi connectivity index (χ0v) is 14.7. The molecule has 0 fully saturated rings. The maximum Gasteiger partial charge on any atom is 0.109 e. The Morgan fingerprint density at radius 3 is 2.88 bits per heavy atom. The van der Waals surface area contributed by atoms with Crippen LogP contribution < -0.4 is 5.48 Å². The fourth-order valence-corrected chi connectivity index (χ4v) is 3.28. The standard InChI is InChI=1S/C19H26N4O/c1-4-8-18-21-17-13-20-16-11-6-5-10-15(16)19(17)23(18)12-7-9-14(2)22-24-3/h5-6,10-11,13-14,22H,4,7-9,12H2,1-3H3. The lowest BCUT2D eigenvalue weighted by molar-refractivity contribution is 0.0626. The van der Waals surface area contributed by atoms with Crippen LogP contribution in [0.5, 0.6) is 0 Å². The van der Waals surface area contributed by atoms with Crippen LogP contribution in [0.25, 0.3) is 21.9 Å². The van der Waals surface area contributed by atoms with Gasteiger partial charge in [-0.1, -0.05) is 25.1 Å². The van der Waals surface area contributed by atoms with E-state index in [1.165, 1.54) is 10.9 Å². The molecule has 0 saturated carbocycles. The summed E-state index contributed by atoms with van der Waals surface area (Å²) in [6.07, 6.45) is 6.13. The number of nitrogens with zero attached hydrogens (tertiary/aromatic N) is 3. The van der Waals surface area contributed by atoms with E-state index in [4.69, 9.17) is 9.82 Å². The second kappa shape index (κ2) is 7.73. The highest BCUT2D eigenvalue weighted by Crippen LogP contribution is 2.25. The normalized spacial score (nSPS) is 13.0. The van der Waals surface area contributed by atoms with Crippen LogP contribution >= 0.6 is 0 Å². The van der Waals surface area contributed by atoms with Crippen LogP contribution in [-0.2, 0) is 17.8 Å². The van der Waals surface area contributed by atoms with Gasteiger partial charge in [0.25, 0.3) is 0 Å². The predicted octanol–water partition coefficient (Wildman–Crippen LogP) is 3.86. The third kappa shape index (κ3) is 3.42. The van der Waals surface area contributed by atoms with Crippen molar-refractivity contribution in [2.24, 2.45) is 0 Å². The van der Waals surface area contributed by atoms with Gasteiger partial charge in [-0.2, -0.15) is 0 Å². The first-order valence-corrected chi connectivity index (χ1v) is 8.76. The number of imidazole rings is 1. The van der Waals surface area contributed by atoms with E-state index in [1.54, 1.807) is 7.11 Å². The minimum absolute atomic E-state index is 0.345. The summed E-state index contributed by atoms with van der Waals surface area (Å²) in [6.45, 7) is 5.31. The van der Waals surface area contributed by atoms with Gasteiger partial charge in [0, 0.05) is 24.4 Å². The molecular formula is C19H26N4O. The van der Waals surface area contributed by atoms with Crippen LogP contribution in [-0.4, -0.2) is 27.7 Å². The van der Waals surface area contributed by atoms with E-state index in [1.807, 2.05) is 12.3 Å². The number of hydrogen-bond acceptors (Lipinski definition) is 4. The van der Waals surface area contributed by atoms with Gasteiger partial charge in [0.2, 0.25) is 0 Å². The van der Waals surface area contributed by atoms with Crippen LogP contribution in [0.4, 0.5) is 0 Å². The Hall–Kier alpha value is -1.98. The molecule has 3 rings (SSSR count). The topological polar surface area (TPSA) is 52.0 Å². The van der Waals surface area contributed by atoms with E-state index < -0.39 is 0 Å². The quantitative estimate of drug-likeness (QED) is 0.639. The van der Waals surface area contributed by atoms with E-state index in [-0.39, 0.29) is 0 Å². The molecule has 128 valence electrons. The predicted molar refractivity (Wildman–Crippen MR) is 97.9 cm³/mol. The number of benzene rings is 1. The van der Waals surface area contributed by atoms with Crippen molar-refractivity contribution in [3.05, 3.63) is 36.3 Å². The van der Waals surface area contributed by atoms with Gasteiger partial charge in [0.1, 0.15) is 11.3 Å². The average molecular weight is 326 g/mol. The van der Waals surface area contributed by atoms with Crippen LogP contribution in [0.1, 0.15) is 38.9 Å². The van der Waals surface area contributed by atoms with Crippen LogP contribution in [0.2, 0.25) is 0 Å². The Morgan fingerprint density at radius 1 is 1.25 bits per heavy atom. The Morgan fingerprint density at radius 2 is 2.08 bits per heavy atom. The average Bonchev–Trinajstić information content (AvgIpc) is 2.93. The molecule has 0 aliphatic carbocycles. The minimum atomic E-state index is 0.345. The number of para-hydroxylation sites is 1. The van der Waals surface area contributed by atoms with Crippen LogP contribution in [0.3, 0.4) is 0 Å². The van der Waals surface area contributed by atoms with E-state index >= 15 is 0 Å². The summed E-state index contributed by atoms with van der Waals surface area (Å²) in [5.41, 5.74) is 6.25. The van der Waals surface area contributed by atoms with Crippen molar-refractivity contribution in [1.29, 1.82) is 0 Å². The number of hydroxylamine groups is 1. The fraction of sp³-hybridized carbons (Fsp3) is 0.474. The molecule has 1 aromatic carbocycles. The highest BCUT2D eigenvalue weighted by molar-refractivity contribution is 6.02. The summed E-state index contributed by atoms with van der Waals surface area (Å²) in [7, 11) is 1.67. The molecule has 1 N–H and O–H groups in total. The number of nitrogens with one attached hydrogen (secondary N) is 1. The molecule has 0 radical (unpaired) electrons. The van der Waals surface area contributed by atoms with Crippen molar-refractivity contribution in [2.45, 2.75) is 52.1 Å². The van der Waals surface area contributed by atoms with E-state index in [0.29, 0.717) is 6.04 Å². The van der Waals surface area contributed by atoms with Gasteiger partial charge in [0.05, 0.1) is 24.3 Å². The van der Waals surface area contributed by atoms with Crippen LogP contribution in [0, 0.1) is 0 Å². The number of rotatable bonds is 8. The minimum Gasteiger partial charge on any atom is -0.327 e. The third-order valence-corrected chi connectivity index (χ3v) is 4.37. The zero-order valence-electron chi connectivity index (χ0n) is 14.7. The Balaban J connectivity index is 1.96. The molecule has 1 atom stereocenters. The van der Waals surface area contributed by atoms with E-state index in [2.05, 4.69) is 47.1 Å². The van der Waals surface area contributed by atoms with Crippen molar-refractivity contribution >= 4 is 21.9 Å². The summed E-state index contributed by atoms with van der Waals surface area (Å²) < 4.78 is 2.39. The second-order valence-electron chi connectivity index (χ2n) is 6.30. The largest absolute Gasteiger partial charge is 0.327 e. The number of aryl methyl sites for hydroxylation is 2. The molecule has 24 heavy (non-hydrogen) atoms. The lowest BCUT2D eigenvalue weighted by atomic mass is 10.1. The molecule has 2 heterocycles. The molecule has 0 bridgehead atoms. The third-order valence-electron chi connectivity index (χ3n) is 4.37. The molecule has 0 saturated heterocycles. The molecule has 0 aliphatic rings. The molecule has 0 aliphatic heterocycles. The maximum absolute atomic E-state index is 5.00. The van der Waals surface area contributed by atoms with Crippen molar-refractivity contribution in [3.8, 4) is 0 Å². The Kier molecular flexibility index (Phi) is 5.43. The highest BCUT2D eigenvalue weighted by atomic mass is 16.6. The van der Waals surface area contributed by atoms with Crippen molar-refractivity contribution in [3.63, 3.8) is 0 Å². The van der Waals surface area contributed by atoms with Gasteiger partial charge >= 0.3 is 0 Å². The summed E-state index contributed by atoms with van der Waals surface area (Å²) in [6, 6.07) is 8.67. The summed E-state index contributed by atoms with van der Waals surface area (Å²) >= 11 is 0. The van der Waals surface area contributed by atoms with Crippen LogP contribution in [0.15, 0.2) is 30.5 Å². The number of hydrogen-bond donors (Lipinski definition) is 1. The van der Waals surface area contributed by atoms with Crippen molar-refractivity contribution in [1.82, 2.24) is 20.0 Å². The molecule has 5 nitrogen and oxygen atoms in total. The summed E-state index contributed by atoms with van der Waals surface area (Å²) in [4.78, 5) is 14.4. The van der Waals surface area contributed by atoms with Gasteiger partial charge in [-0.05, 0) is 32.3 Å². The lowest BCUT2D eigenvalue weighted by Gasteiger charge is -2.14. The van der Waals surface area contributed by atoms with Gasteiger partial charge in [0.15, 0.2) is 0 Å². The molecule has 5 heteroatoms. The molecule has 0 spiro atoms. The number of aromatic nitrogens is 3. The molecule has 0 amide bonds. The van der Waals surface area contributed by atoms with Gasteiger partial charge in [-0.25, -0.2) is 10.5 Å². The highest BCUT2D eigenvalue weighted by Gasteiger charge is 2.14. The lowest BCUT2D eigenvalue weighted by Crippen LogP contribution is -2.24. The first-order valence-electron chi connectivity index (χ1n) is 8.76. The number of fused-ring (bicyclic) bond motifs is 3. The first kappa shape index (κ1) is 16.9. The fourth-order valence-electron chi connectivity index (χ4n) is 3.28. The first-order chi connectivity index (χ1) is 11.7. The van der Waals surface area contributed by atoms with E-state index in [9.17, 15) is 0 Å². The zero-order chi connectivity index (χ0) is 16.9. The molecule has 3 aromatic rings. The Bertz CT molecular complexity index is 812. The van der Waals surface area contributed by atoms with E-state index in [0.717, 1.165) is 49.1 Å². The molecular weight excluding hydrogens is 300 g/mol. The smallest absolute Gasteiger partial charge is 0.109 e. The van der Waals surface area contributed by atoms with Gasteiger partial charge in [-0.3, -0.25) is 4.98 Å². The number of pyridine rings is 1. The SMILES string of the molecule is CCCc1nc2cnc3ccccc3c2n1CCCC(C)NOC. The summed E-state index contributed by atoms with van der Waals surface area (Å²) in [5, 5.41) is 1.19. The van der Waals surface area contributed by atoms with Crippen molar-refractivity contribution < 1.29 is 4.84 Å².